The van der Waals surface area contributed by atoms with E-state index in [9.17, 15) is 5.26 Å². The van der Waals surface area contributed by atoms with E-state index in [0.717, 1.165) is 24.2 Å². The van der Waals surface area contributed by atoms with Crippen LogP contribution in [0.15, 0.2) is 48.9 Å². The number of aromatic nitrogens is 2. The Morgan fingerprint density at radius 1 is 1.33 bits per heavy atom. The van der Waals surface area contributed by atoms with Crippen LogP contribution in [0.3, 0.4) is 0 Å². The monoisotopic (exact) mass is 340 g/mol. The molecule has 122 valence electrons. The minimum absolute atomic E-state index is 0.204. The van der Waals surface area contributed by atoms with Crippen molar-refractivity contribution in [3.63, 3.8) is 0 Å². The summed E-state index contributed by atoms with van der Waals surface area (Å²) in [7, 11) is 1.90. The summed E-state index contributed by atoms with van der Waals surface area (Å²) in [6.07, 6.45) is 6.16. The van der Waals surface area contributed by atoms with Gasteiger partial charge in [-0.15, -0.1) is 0 Å². The maximum Gasteiger partial charge on any atom is 0.139 e. The molecule has 0 fully saturated rings. The van der Waals surface area contributed by atoms with E-state index in [4.69, 9.17) is 16.3 Å². The minimum atomic E-state index is -0.204. The first kappa shape index (κ1) is 16.3. The van der Waals surface area contributed by atoms with Gasteiger partial charge in [0.05, 0.1) is 5.56 Å². The number of imidazole rings is 1. The first-order chi connectivity index (χ1) is 11.7. The molecule has 2 heterocycles. The third kappa shape index (κ3) is 3.51. The van der Waals surface area contributed by atoms with Gasteiger partial charge in [-0.1, -0.05) is 11.6 Å². The van der Waals surface area contributed by atoms with E-state index < -0.39 is 0 Å². The van der Waals surface area contributed by atoms with Gasteiger partial charge in [-0.25, -0.2) is 4.98 Å². The van der Waals surface area contributed by atoms with Crippen molar-refractivity contribution in [1.82, 2.24) is 14.7 Å². The first-order valence-corrected chi connectivity index (χ1v) is 8.02. The van der Waals surface area contributed by atoms with Gasteiger partial charge < -0.3 is 14.5 Å². The van der Waals surface area contributed by atoms with Crippen molar-refractivity contribution in [3.8, 4) is 11.8 Å². The molecule has 2 aromatic heterocycles. The van der Waals surface area contributed by atoms with Crippen molar-refractivity contribution >= 4 is 17.2 Å². The molecule has 0 aliphatic heterocycles. The molecule has 0 radical (unpaired) electrons. The molecule has 0 saturated carbocycles. The number of nitriles is 1. The predicted octanol–water partition coefficient (Wildman–Crippen LogP) is 3.59. The molecule has 6 heteroatoms. The van der Waals surface area contributed by atoms with Gasteiger partial charge in [-0.05, 0) is 43.4 Å². The molecule has 1 atom stereocenters. The van der Waals surface area contributed by atoms with Crippen LogP contribution in [-0.4, -0.2) is 23.0 Å². The molecule has 3 aromatic rings. The Kier molecular flexibility index (Phi) is 4.99. The molecule has 3 rings (SSSR count). The Balaban J connectivity index is 1.94. The van der Waals surface area contributed by atoms with Crippen molar-refractivity contribution in [3.05, 3.63) is 65.1 Å². The molecule has 0 spiro atoms. The van der Waals surface area contributed by atoms with Crippen LogP contribution >= 0.6 is 11.6 Å². The number of ether oxygens (including phenoxy) is 1. The van der Waals surface area contributed by atoms with Gasteiger partial charge in [0.2, 0.25) is 0 Å². The van der Waals surface area contributed by atoms with Gasteiger partial charge in [0.25, 0.3) is 0 Å². The molecular weight excluding hydrogens is 324 g/mol. The minimum Gasteiger partial charge on any atom is -0.484 e. The zero-order valence-corrected chi connectivity index (χ0v) is 14.0. The van der Waals surface area contributed by atoms with Crippen molar-refractivity contribution in [2.75, 3.05) is 13.6 Å². The fourth-order valence-corrected chi connectivity index (χ4v) is 2.70. The topological polar surface area (TPSA) is 62.3 Å². The number of halogens is 1. The van der Waals surface area contributed by atoms with E-state index in [0.29, 0.717) is 16.3 Å². The molecule has 0 amide bonds. The molecular formula is C18H17ClN4O. The van der Waals surface area contributed by atoms with Crippen molar-refractivity contribution < 1.29 is 4.74 Å². The lowest BCUT2D eigenvalue weighted by atomic mass is 10.1. The highest BCUT2D eigenvalue weighted by atomic mass is 35.5. The predicted molar refractivity (Wildman–Crippen MR) is 93.3 cm³/mol. The molecule has 0 aliphatic carbocycles. The number of fused-ring (bicyclic) bond motifs is 1. The van der Waals surface area contributed by atoms with Gasteiger partial charge in [0.15, 0.2) is 0 Å². The van der Waals surface area contributed by atoms with E-state index in [-0.39, 0.29) is 6.10 Å². The fourth-order valence-electron chi connectivity index (χ4n) is 2.53. The zero-order chi connectivity index (χ0) is 16.9. The molecule has 1 aromatic carbocycles. The van der Waals surface area contributed by atoms with Crippen molar-refractivity contribution in [1.29, 1.82) is 5.26 Å². The molecule has 1 unspecified atom stereocenters. The van der Waals surface area contributed by atoms with Gasteiger partial charge >= 0.3 is 0 Å². The number of nitrogens with zero attached hydrogens (tertiary/aromatic N) is 3. The van der Waals surface area contributed by atoms with E-state index in [1.54, 1.807) is 24.4 Å². The van der Waals surface area contributed by atoms with Crippen molar-refractivity contribution in [2.24, 2.45) is 0 Å². The summed E-state index contributed by atoms with van der Waals surface area (Å²) in [6, 6.07) is 11.2. The van der Waals surface area contributed by atoms with Crippen LogP contribution in [0.2, 0.25) is 5.02 Å². The number of benzene rings is 1. The van der Waals surface area contributed by atoms with Crippen LogP contribution in [0.5, 0.6) is 5.75 Å². The molecule has 0 bridgehead atoms. The highest BCUT2D eigenvalue weighted by Gasteiger charge is 2.16. The SMILES string of the molecule is CNCCC(Oc1cc(Cl)ccc1C#N)c1ccn2ccnc2c1. The van der Waals surface area contributed by atoms with E-state index >= 15 is 0 Å². The molecule has 0 saturated heterocycles. The average molecular weight is 341 g/mol. The summed E-state index contributed by atoms with van der Waals surface area (Å²) in [5.41, 5.74) is 2.33. The third-order valence-corrected chi connectivity index (χ3v) is 4.02. The lowest BCUT2D eigenvalue weighted by Crippen LogP contribution is -2.17. The second-order valence-corrected chi connectivity index (χ2v) is 5.84. The van der Waals surface area contributed by atoms with Gasteiger partial charge in [-0.3, -0.25) is 0 Å². The van der Waals surface area contributed by atoms with Crippen LogP contribution in [0.1, 0.15) is 23.7 Å². The molecule has 1 N–H and O–H groups in total. The largest absolute Gasteiger partial charge is 0.484 e. The number of hydrogen-bond donors (Lipinski definition) is 1. The summed E-state index contributed by atoms with van der Waals surface area (Å²) in [6.45, 7) is 0.784. The molecule has 0 aliphatic rings. The summed E-state index contributed by atoms with van der Waals surface area (Å²) < 4.78 is 8.09. The number of rotatable bonds is 6. The lowest BCUT2D eigenvalue weighted by Gasteiger charge is -2.20. The van der Waals surface area contributed by atoms with Crippen LogP contribution in [0.4, 0.5) is 0 Å². The number of hydrogen-bond acceptors (Lipinski definition) is 4. The van der Waals surface area contributed by atoms with E-state index in [1.165, 1.54) is 0 Å². The fraction of sp³-hybridized carbons (Fsp3) is 0.222. The quantitative estimate of drug-likeness (QED) is 0.745. The Labute approximate surface area is 145 Å². The van der Waals surface area contributed by atoms with Gasteiger partial charge in [-0.2, -0.15) is 5.26 Å². The highest BCUT2D eigenvalue weighted by molar-refractivity contribution is 6.30. The van der Waals surface area contributed by atoms with Crippen molar-refractivity contribution in [2.45, 2.75) is 12.5 Å². The Morgan fingerprint density at radius 2 is 2.21 bits per heavy atom. The zero-order valence-electron chi connectivity index (χ0n) is 13.2. The smallest absolute Gasteiger partial charge is 0.139 e. The molecule has 24 heavy (non-hydrogen) atoms. The number of pyridine rings is 1. The second kappa shape index (κ2) is 7.35. The Bertz CT molecular complexity index is 884. The maximum absolute atomic E-state index is 9.28. The summed E-state index contributed by atoms with van der Waals surface area (Å²) in [5.74, 6) is 0.495. The Morgan fingerprint density at radius 3 is 3.00 bits per heavy atom. The summed E-state index contributed by atoms with van der Waals surface area (Å²) in [5, 5.41) is 13.0. The van der Waals surface area contributed by atoms with Crippen LogP contribution in [0.25, 0.3) is 5.65 Å². The third-order valence-electron chi connectivity index (χ3n) is 3.78. The summed E-state index contributed by atoms with van der Waals surface area (Å²) in [4.78, 5) is 4.32. The molecule has 5 nitrogen and oxygen atoms in total. The van der Waals surface area contributed by atoms with E-state index in [1.807, 2.05) is 36.0 Å². The average Bonchev–Trinajstić information content (AvgIpc) is 3.06. The second-order valence-electron chi connectivity index (χ2n) is 5.40. The van der Waals surface area contributed by atoms with Gasteiger partial charge in [0.1, 0.15) is 23.6 Å². The van der Waals surface area contributed by atoms with Gasteiger partial charge in [0, 0.05) is 36.1 Å². The summed E-state index contributed by atoms with van der Waals surface area (Å²) >= 11 is 6.06. The standard InChI is InChI=1S/C18H17ClN4O/c1-21-6-4-16(13-5-8-23-9-7-22-18(23)10-13)24-17-11-15(19)3-2-14(17)12-20/h2-3,5,7-11,16,21H,4,6H2,1H3. The van der Waals surface area contributed by atoms with Crippen LogP contribution < -0.4 is 10.1 Å². The van der Waals surface area contributed by atoms with Crippen LogP contribution in [0, 0.1) is 11.3 Å². The lowest BCUT2D eigenvalue weighted by molar-refractivity contribution is 0.194. The van der Waals surface area contributed by atoms with Crippen LogP contribution in [-0.2, 0) is 0 Å². The first-order valence-electron chi connectivity index (χ1n) is 7.65. The normalized spacial score (nSPS) is 12.0. The number of nitrogens with one attached hydrogen (secondary N) is 1. The Hall–Kier alpha value is -2.55. The van der Waals surface area contributed by atoms with E-state index in [2.05, 4.69) is 16.4 Å². The highest BCUT2D eigenvalue weighted by Crippen LogP contribution is 2.30. The maximum atomic E-state index is 9.28.